The Morgan fingerprint density at radius 3 is 2.38 bits per heavy atom. The zero-order chi connectivity index (χ0) is 18.3. The van der Waals surface area contributed by atoms with Crippen LogP contribution in [0.15, 0.2) is 36.4 Å². The Morgan fingerprint density at radius 1 is 1.00 bits per heavy atom. The van der Waals surface area contributed by atoms with E-state index in [4.69, 9.17) is 21.1 Å². The maximum Gasteiger partial charge on any atom is 0.161 e. The number of rotatable bonds is 5. The highest BCUT2D eigenvalue weighted by Crippen LogP contribution is 2.46. The summed E-state index contributed by atoms with van der Waals surface area (Å²) < 4.78 is 11.0. The van der Waals surface area contributed by atoms with Crippen LogP contribution in [0, 0.1) is 0 Å². The number of aromatic amines is 2. The molecule has 4 rings (SSSR count). The summed E-state index contributed by atoms with van der Waals surface area (Å²) in [4.78, 5) is 0. The number of hydrogen-bond donors (Lipinski definition) is 3. The molecule has 0 spiro atoms. The molecule has 0 atom stereocenters. The average Bonchev–Trinajstić information content (AvgIpc) is 3.18. The average molecular weight is 370 g/mol. The minimum absolute atomic E-state index is 0.694. The van der Waals surface area contributed by atoms with Gasteiger partial charge in [0.15, 0.2) is 11.5 Å². The molecule has 26 heavy (non-hydrogen) atoms. The van der Waals surface area contributed by atoms with Gasteiger partial charge in [-0.1, -0.05) is 24.6 Å². The lowest BCUT2D eigenvalue weighted by molar-refractivity contribution is 0.356. The van der Waals surface area contributed by atoms with Crippen molar-refractivity contribution in [1.29, 1.82) is 0 Å². The summed E-state index contributed by atoms with van der Waals surface area (Å²) in [5.41, 5.74) is 4.36. The van der Waals surface area contributed by atoms with Crippen molar-refractivity contribution >= 4 is 33.9 Å². The van der Waals surface area contributed by atoms with E-state index in [0.29, 0.717) is 10.8 Å². The number of fused-ring (bicyclic) bond motifs is 3. The lowest BCUT2D eigenvalue weighted by Gasteiger charge is -2.08. The number of ether oxygens (including phenoxy) is 2. The van der Waals surface area contributed by atoms with Gasteiger partial charge in [-0.05, 0) is 47.7 Å². The molecule has 0 amide bonds. The van der Waals surface area contributed by atoms with Gasteiger partial charge in [0, 0.05) is 21.7 Å². The normalized spacial score (nSPS) is 11.2. The maximum atomic E-state index is 6.11. The lowest BCUT2D eigenvalue weighted by atomic mass is 10.1. The molecule has 0 saturated carbocycles. The summed E-state index contributed by atoms with van der Waals surface area (Å²) >= 11 is 6.11. The van der Waals surface area contributed by atoms with Crippen LogP contribution in [0.25, 0.3) is 22.0 Å². The van der Waals surface area contributed by atoms with Crippen LogP contribution in [0.2, 0.25) is 5.02 Å². The molecule has 0 fully saturated rings. The van der Waals surface area contributed by atoms with Crippen LogP contribution in [0.5, 0.6) is 11.5 Å². The van der Waals surface area contributed by atoms with Gasteiger partial charge in [0.25, 0.3) is 0 Å². The molecule has 1 aliphatic carbocycles. The fourth-order valence-electron chi connectivity index (χ4n) is 3.52. The van der Waals surface area contributed by atoms with E-state index in [0.717, 1.165) is 45.7 Å². The van der Waals surface area contributed by atoms with E-state index in [1.807, 2.05) is 36.4 Å². The Morgan fingerprint density at radius 2 is 1.73 bits per heavy atom. The van der Waals surface area contributed by atoms with Crippen LogP contribution in [0.3, 0.4) is 0 Å². The first kappa shape index (κ1) is 16.7. The van der Waals surface area contributed by atoms with Crippen molar-refractivity contribution in [3.05, 3.63) is 47.0 Å². The highest BCUT2D eigenvalue weighted by molar-refractivity contribution is 6.30. The van der Waals surface area contributed by atoms with E-state index < -0.39 is 0 Å². The zero-order valence-corrected chi connectivity index (χ0v) is 15.6. The summed E-state index contributed by atoms with van der Waals surface area (Å²) in [6.07, 6.45) is 0.894. The predicted octanol–water partition coefficient (Wildman–Crippen LogP) is 5.58. The minimum Gasteiger partial charge on any atom is -0.493 e. The summed E-state index contributed by atoms with van der Waals surface area (Å²) in [6.45, 7) is 2.15. The molecule has 2 aromatic rings. The third-order valence-corrected chi connectivity index (χ3v) is 4.92. The highest BCUT2D eigenvalue weighted by atomic mass is 35.5. The molecule has 0 aromatic heterocycles. The molecule has 2 aliphatic rings. The number of benzene rings is 2. The van der Waals surface area contributed by atoms with E-state index in [1.54, 1.807) is 14.2 Å². The van der Waals surface area contributed by atoms with E-state index in [1.165, 1.54) is 5.56 Å². The lowest BCUT2D eigenvalue weighted by Crippen LogP contribution is -1.93. The van der Waals surface area contributed by atoms with Crippen molar-refractivity contribution in [3.8, 4) is 22.8 Å². The second kappa shape index (κ2) is 6.50. The van der Waals surface area contributed by atoms with Crippen molar-refractivity contribution in [2.75, 3.05) is 19.5 Å². The number of aryl methyl sites for hydroxylation is 1. The van der Waals surface area contributed by atoms with Crippen molar-refractivity contribution in [1.82, 2.24) is 10.2 Å². The number of H-pyrrole nitrogens is 2. The molecule has 6 heteroatoms. The van der Waals surface area contributed by atoms with Gasteiger partial charge >= 0.3 is 0 Å². The smallest absolute Gasteiger partial charge is 0.161 e. The molecule has 1 heterocycles. The first-order valence-electron chi connectivity index (χ1n) is 8.45. The van der Waals surface area contributed by atoms with Gasteiger partial charge in [-0.2, -0.15) is 0 Å². The molecule has 2 aromatic carbocycles. The number of halogens is 1. The van der Waals surface area contributed by atoms with E-state index >= 15 is 0 Å². The van der Waals surface area contributed by atoms with Gasteiger partial charge in [-0.15, -0.1) is 0 Å². The predicted molar refractivity (Wildman–Crippen MR) is 106 cm³/mol. The third kappa shape index (κ3) is 2.56. The molecule has 1 aliphatic heterocycles. The Kier molecular flexibility index (Phi) is 4.17. The fourth-order valence-corrected chi connectivity index (χ4v) is 3.71. The molecule has 134 valence electrons. The van der Waals surface area contributed by atoms with Gasteiger partial charge in [-0.25, -0.2) is 0 Å². The van der Waals surface area contributed by atoms with Crippen LogP contribution in [0.1, 0.15) is 12.5 Å². The quantitative estimate of drug-likeness (QED) is 0.430. The molecule has 3 N–H and O–H groups in total. The minimum atomic E-state index is 0.694. The Bertz CT molecular complexity index is 1050. The number of aromatic nitrogens is 2. The van der Waals surface area contributed by atoms with Crippen molar-refractivity contribution < 1.29 is 9.47 Å². The fraction of sp³-hybridized carbons (Fsp3) is 0.200. The van der Waals surface area contributed by atoms with Crippen molar-refractivity contribution in [3.63, 3.8) is 0 Å². The Labute approximate surface area is 156 Å². The number of hydrogen-bond acceptors (Lipinski definition) is 3. The van der Waals surface area contributed by atoms with Crippen molar-refractivity contribution in [2.24, 2.45) is 0 Å². The first-order valence-corrected chi connectivity index (χ1v) is 8.83. The van der Waals surface area contributed by atoms with Crippen LogP contribution < -0.4 is 14.8 Å². The summed E-state index contributed by atoms with van der Waals surface area (Å²) in [7, 11) is 3.31. The number of nitrogens with one attached hydrogen (secondary N) is 3. The maximum absolute atomic E-state index is 6.11. The molecule has 0 unspecified atom stereocenters. The number of anilines is 2. The van der Waals surface area contributed by atoms with E-state index in [-0.39, 0.29) is 0 Å². The summed E-state index contributed by atoms with van der Waals surface area (Å²) in [6, 6.07) is 11.7. The SMILES string of the molecule is CCc1c2c(Nc3cccc(Cl)c3)[nH][nH]c-2c2cc(OC)c(OC)cc12. The van der Waals surface area contributed by atoms with Gasteiger partial charge in [0.2, 0.25) is 0 Å². The zero-order valence-electron chi connectivity index (χ0n) is 14.9. The molecular formula is C20H20ClN3O2. The molecule has 0 radical (unpaired) electrons. The van der Waals surface area contributed by atoms with Crippen LogP contribution in [0.4, 0.5) is 11.5 Å². The Balaban J connectivity index is 1.89. The molecule has 0 bridgehead atoms. The van der Waals surface area contributed by atoms with Crippen LogP contribution >= 0.6 is 11.6 Å². The largest absolute Gasteiger partial charge is 0.493 e. The second-order valence-corrected chi connectivity index (χ2v) is 6.53. The van der Waals surface area contributed by atoms with Gasteiger partial charge in [0.1, 0.15) is 5.82 Å². The van der Waals surface area contributed by atoms with Gasteiger partial charge in [0.05, 0.1) is 19.9 Å². The van der Waals surface area contributed by atoms with Crippen LogP contribution in [-0.2, 0) is 6.42 Å². The highest BCUT2D eigenvalue weighted by Gasteiger charge is 2.24. The van der Waals surface area contributed by atoms with E-state index in [2.05, 4.69) is 22.4 Å². The molecule has 5 nitrogen and oxygen atoms in total. The first-order chi connectivity index (χ1) is 12.7. The topological polar surface area (TPSA) is 62.1 Å². The van der Waals surface area contributed by atoms with E-state index in [9.17, 15) is 0 Å². The van der Waals surface area contributed by atoms with Crippen LogP contribution in [-0.4, -0.2) is 24.4 Å². The standard InChI is InChI=1S/C20H20ClN3O2/c1-4-13-14-9-16(25-2)17(26-3)10-15(14)19-18(13)20(24-23-19)22-12-7-5-6-11(21)8-12/h5-10,22-24H,4H2,1-3H3. The second-order valence-electron chi connectivity index (χ2n) is 6.10. The molecule has 0 saturated heterocycles. The third-order valence-electron chi connectivity index (χ3n) is 4.68. The molecular weight excluding hydrogens is 350 g/mol. The van der Waals surface area contributed by atoms with Crippen molar-refractivity contribution in [2.45, 2.75) is 13.3 Å². The Hall–Kier alpha value is -2.79. The van der Waals surface area contributed by atoms with Gasteiger partial charge < -0.3 is 14.8 Å². The summed E-state index contributed by atoms with van der Waals surface area (Å²) in [5.74, 6) is 2.36. The monoisotopic (exact) mass is 369 g/mol. The summed E-state index contributed by atoms with van der Waals surface area (Å²) in [5, 5.41) is 12.9. The number of methoxy groups -OCH3 is 2. The van der Waals surface area contributed by atoms with Gasteiger partial charge in [-0.3, -0.25) is 10.2 Å².